The highest BCUT2D eigenvalue weighted by Crippen LogP contribution is 2.45. The Balaban J connectivity index is 1.45. The van der Waals surface area contributed by atoms with Crippen LogP contribution in [0.5, 0.6) is 0 Å². The van der Waals surface area contributed by atoms with Crippen molar-refractivity contribution in [2.75, 3.05) is 23.8 Å². The van der Waals surface area contributed by atoms with Crippen LogP contribution in [0.25, 0.3) is 0 Å². The number of nitrogens with zero attached hydrogens (tertiary/aromatic N) is 2. The van der Waals surface area contributed by atoms with Gasteiger partial charge in [0.2, 0.25) is 5.91 Å². The van der Waals surface area contributed by atoms with Gasteiger partial charge >= 0.3 is 0 Å². The molecular formula is C20H21N5O4. The third-order valence-corrected chi connectivity index (χ3v) is 5.41. The van der Waals surface area contributed by atoms with E-state index in [-0.39, 0.29) is 11.6 Å². The third kappa shape index (κ3) is 3.29. The van der Waals surface area contributed by atoms with E-state index >= 15 is 0 Å². The summed E-state index contributed by atoms with van der Waals surface area (Å²) in [6.07, 6.45) is 2.75. The van der Waals surface area contributed by atoms with Gasteiger partial charge in [0.15, 0.2) is 0 Å². The Labute approximate surface area is 167 Å². The predicted molar refractivity (Wildman–Crippen MR) is 105 cm³/mol. The molecule has 0 aliphatic carbocycles. The van der Waals surface area contributed by atoms with Crippen LogP contribution < -0.4 is 16.0 Å². The zero-order valence-electron chi connectivity index (χ0n) is 15.9. The van der Waals surface area contributed by atoms with Crippen LogP contribution in [0.4, 0.5) is 11.4 Å². The Morgan fingerprint density at radius 3 is 2.72 bits per heavy atom. The number of rotatable bonds is 4. The largest absolute Gasteiger partial charge is 0.381 e. The predicted octanol–water partition coefficient (Wildman–Crippen LogP) is 1.30. The quantitative estimate of drug-likeness (QED) is 0.675. The monoisotopic (exact) mass is 395 g/mol. The molecule has 29 heavy (non-hydrogen) atoms. The fourth-order valence-corrected chi connectivity index (χ4v) is 3.78. The van der Waals surface area contributed by atoms with Crippen molar-refractivity contribution in [3.05, 3.63) is 54.0 Å². The van der Waals surface area contributed by atoms with Gasteiger partial charge in [-0.25, -0.2) is 0 Å². The number of aromatic nitrogens is 2. The number of hydrogen-bond donors (Lipinski definition) is 3. The molecule has 9 heteroatoms. The summed E-state index contributed by atoms with van der Waals surface area (Å²) >= 11 is 0. The normalized spacial score (nSPS) is 16.8. The summed E-state index contributed by atoms with van der Waals surface area (Å²) in [5.41, 5.74) is 1.75. The molecule has 0 radical (unpaired) electrons. The lowest BCUT2D eigenvalue weighted by atomic mass is 9.75. The molecule has 2 aliphatic rings. The third-order valence-electron chi connectivity index (χ3n) is 5.41. The second-order valence-corrected chi connectivity index (χ2v) is 7.14. The van der Waals surface area contributed by atoms with Crippen LogP contribution in [0, 0.1) is 0 Å². The molecule has 3 N–H and O–H groups in total. The zero-order valence-corrected chi connectivity index (χ0v) is 15.9. The fourth-order valence-electron chi connectivity index (χ4n) is 3.78. The molecule has 4 rings (SSSR count). The van der Waals surface area contributed by atoms with Gasteiger partial charge in [-0.2, -0.15) is 5.10 Å². The molecule has 9 nitrogen and oxygen atoms in total. The summed E-state index contributed by atoms with van der Waals surface area (Å²) in [5, 5.41) is 12.0. The van der Waals surface area contributed by atoms with Crippen molar-refractivity contribution < 1.29 is 19.1 Å². The van der Waals surface area contributed by atoms with Gasteiger partial charge in [-0.15, -0.1) is 0 Å². The van der Waals surface area contributed by atoms with Gasteiger partial charge in [-0.1, -0.05) is 12.6 Å². The smallest absolute Gasteiger partial charge is 0.274 e. The van der Waals surface area contributed by atoms with Gasteiger partial charge in [-0.3, -0.25) is 19.1 Å². The highest BCUT2D eigenvalue weighted by Gasteiger charge is 2.47. The SMILES string of the molecule is C=C(NC(=O)c1ccnn1C)C(=O)Nc1ccc2c(c1)NC(=O)C21CCOCC1. The van der Waals surface area contributed by atoms with Crippen molar-refractivity contribution in [3.63, 3.8) is 0 Å². The average molecular weight is 395 g/mol. The van der Waals surface area contributed by atoms with Crippen molar-refractivity contribution in [1.29, 1.82) is 0 Å². The number of amides is 3. The van der Waals surface area contributed by atoms with E-state index < -0.39 is 17.2 Å². The number of ether oxygens (including phenoxy) is 1. The van der Waals surface area contributed by atoms with Crippen molar-refractivity contribution in [2.24, 2.45) is 7.05 Å². The van der Waals surface area contributed by atoms with E-state index in [1.807, 2.05) is 6.07 Å². The summed E-state index contributed by atoms with van der Waals surface area (Å²) < 4.78 is 6.80. The lowest BCUT2D eigenvalue weighted by Gasteiger charge is -2.31. The number of hydrogen-bond acceptors (Lipinski definition) is 5. The van der Waals surface area contributed by atoms with E-state index in [4.69, 9.17) is 4.74 Å². The van der Waals surface area contributed by atoms with Crippen LogP contribution in [-0.2, 0) is 26.8 Å². The maximum atomic E-state index is 12.6. The molecule has 1 saturated heterocycles. The lowest BCUT2D eigenvalue weighted by molar-refractivity contribution is -0.124. The van der Waals surface area contributed by atoms with Crippen LogP contribution in [0.2, 0.25) is 0 Å². The molecule has 1 aromatic carbocycles. The summed E-state index contributed by atoms with van der Waals surface area (Å²) in [7, 11) is 1.63. The van der Waals surface area contributed by atoms with Crippen LogP contribution in [-0.4, -0.2) is 40.7 Å². The standard InChI is InChI=1S/C20H21N5O4/c1-12(22-18(27)16-5-8-21-25(16)2)17(26)23-13-3-4-14-15(11-13)24-19(28)20(14)6-9-29-10-7-20/h3-5,8,11H,1,6-7,9-10H2,2H3,(H,22,27)(H,23,26)(H,24,28). The molecule has 1 aromatic heterocycles. The van der Waals surface area contributed by atoms with Crippen LogP contribution in [0.1, 0.15) is 28.9 Å². The van der Waals surface area contributed by atoms with E-state index in [0.29, 0.717) is 43.1 Å². The minimum atomic E-state index is -0.559. The zero-order chi connectivity index (χ0) is 20.6. The van der Waals surface area contributed by atoms with E-state index in [9.17, 15) is 14.4 Å². The molecule has 1 fully saturated rings. The number of aryl methyl sites for hydroxylation is 1. The second kappa shape index (κ2) is 7.17. The molecular weight excluding hydrogens is 374 g/mol. The van der Waals surface area contributed by atoms with Gasteiger partial charge < -0.3 is 20.7 Å². The van der Waals surface area contributed by atoms with Gasteiger partial charge in [0, 0.05) is 37.8 Å². The number of nitrogens with one attached hydrogen (secondary N) is 3. The van der Waals surface area contributed by atoms with Crippen molar-refractivity contribution in [1.82, 2.24) is 15.1 Å². The molecule has 150 valence electrons. The van der Waals surface area contributed by atoms with Gasteiger partial charge in [-0.05, 0) is 36.6 Å². The van der Waals surface area contributed by atoms with Crippen molar-refractivity contribution in [2.45, 2.75) is 18.3 Å². The first-order chi connectivity index (χ1) is 13.9. The van der Waals surface area contributed by atoms with E-state index in [2.05, 4.69) is 27.6 Å². The Kier molecular flexibility index (Phi) is 4.67. The second-order valence-electron chi connectivity index (χ2n) is 7.14. The van der Waals surface area contributed by atoms with Crippen molar-refractivity contribution in [3.8, 4) is 0 Å². The number of carbonyl (C=O) groups excluding carboxylic acids is 3. The van der Waals surface area contributed by atoms with Crippen LogP contribution >= 0.6 is 0 Å². The first kappa shape index (κ1) is 18.9. The number of fused-ring (bicyclic) bond motifs is 2. The maximum Gasteiger partial charge on any atom is 0.274 e. The van der Waals surface area contributed by atoms with Gasteiger partial charge in [0.25, 0.3) is 11.8 Å². The first-order valence-corrected chi connectivity index (χ1v) is 9.24. The maximum absolute atomic E-state index is 12.6. The van der Waals surface area contributed by atoms with Gasteiger partial charge in [0.1, 0.15) is 5.69 Å². The van der Waals surface area contributed by atoms with Gasteiger partial charge in [0.05, 0.1) is 11.1 Å². The molecule has 3 heterocycles. The van der Waals surface area contributed by atoms with E-state index in [1.165, 1.54) is 16.9 Å². The minimum absolute atomic E-state index is 0.0351. The van der Waals surface area contributed by atoms with E-state index in [1.54, 1.807) is 19.2 Å². The summed E-state index contributed by atoms with van der Waals surface area (Å²) in [6, 6.07) is 6.84. The number of benzene rings is 1. The minimum Gasteiger partial charge on any atom is -0.381 e. The average Bonchev–Trinajstić information content (AvgIpc) is 3.24. The summed E-state index contributed by atoms with van der Waals surface area (Å²) in [5.74, 6) is -1.06. The molecule has 0 atom stereocenters. The molecule has 1 spiro atoms. The highest BCUT2D eigenvalue weighted by atomic mass is 16.5. The van der Waals surface area contributed by atoms with Crippen molar-refractivity contribution >= 4 is 29.1 Å². The molecule has 3 amide bonds. The number of anilines is 2. The number of carbonyl (C=O) groups is 3. The van der Waals surface area contributed by atoms with E-state index in [0.717, 1.165) is 5.56 Å². The Hall–Kier alpha value is -3.46. The summed E-state index contributed by atoms with van der Waals surface area (Å²) in [6.45, 7) is 4.71. The molecule has 2 aliphatic heterocycles. The fraction of sp³-hybridized carbons (Fsp3) is 0.300. The lowest BCUT2D eigenvalue weighted by Crippen LogP contribution is -2.39. The highest BCUT2D eigenvalue weighted by molar-refractivity contribution is 6.09. The van der Waals surface area contributed by atoms with Crippen LogP contribution in [0.3, 0.4) is 0 Å². The Bertz CT molecular complexity index is 1020. The topological polar surface area (TPSA) is 114 Å². The molecule has 0 saturated carbocycles. The Morgan fingerprint density at radius 1 is 1.28 bits per heavy atom. The molecule has 2 aromatic rings. The molecule has 0 bridgehead atoms. The summed E-state index contributed by atoms with van der Waals surface area (Å²) in [4.78, 5) is 37.2. The first-order valence-electron chi connectivity index (χ1n) is 9.24. The molecule has 0 unspecified atom stereocenters. The van der Waals surface area contributed by atoms with Crippen LogP contribution in [0.15, 0.2) is 42.7 Å². The Morgan fingerprint density at radius 2 is 2.03 bits per heavy atom.